The van der Waals surface area contributed by atoms with E-state index in [-0.39, 0.29) is 12.2 Å². The van der Waals surface area contributed by atoms with Gasteiger partial charge in [-0.3, -0.25) is 10.1 Å². The minimum absolute atomic E-state index is 0.0350. The van der Waals surface area contributed by atoms with Gasteiger partial charge in [-0.15, -0.1) is 0 Å². The van der Waals surface area contributed by atoms with Crippen LogP contribution < -0.4 is 5.32 Å². The maximum atomic E-state index is 12.5. The highest BCUT2D eigenvalue weighted by atomic mass is 16.2. The average molecular weight is 238 g/mol. The second kappa shape index (κ2) is 4.97. The van der Waals surface area contributed by atoms with Crippen molar-refractivity contribution in [2.24, 2.45) is 11.8 Å². The highest BCUT2D eigenvalue weighted by Gasteiger charge is 2.45. The van der Waals surface area contributed by atoms with E-state index in [2.05, 4.69) is 37.9 Å². The van der Waals surface area contributed by atoms with Crippen LogP contribution in [-0.2, 0) is 4.79 Å². The van der Waals surface area contributed by atoms with Gasteiger partial charge >= 0.3 is 0 Å². The van der Waals surface area contributed by atoms with E-state index in [1.165, 1.54) is 19.3 Å². The molecular weight excluding hydrogens is 212 g/mol. The third-order valence-corrected chi connectivity index (χ3v) is 4.46. The van der Waals surface area contributed by atoms with Crippen molar-refractivity contribution in [3.63, 3.8) is 0 Å². The summed E-state index contributed by atoms with van der Waals surface area (Å²) < 4.78 is 0. The van der Waals surface area contributed by atoms with Crippen LogP contribution in [0, 0.1) is 11.8 Å². The summed E-state index contributed by atoms with van der Waals surface area (Å²) in [5, 5.41) is 3.51. The molecule has 3 heteroatoms. The van der Waals surface area contributed by atoms with Gasteiger partial charge in [0.05, 0.1) is 12.2 Å². The summed E-state index contributed by atoms with van der Waals surface area (Å²) in [5.74, 6) is 1.39. The van der Waals surface area contributed by atoms with E-state index < -0.39 is 0 Å². The molecule has 2 rings (SSSR count). The van der Waals surface area contributed by atoms with Gasteiger partial charge in [0.1, 0.15) is 0 Å². The molecule has 1 heterocycles. The first-order chi connectivity index (χ1) is 8.06. The van der Waals surface area contributed by atoms with Crippen molar-refractivity contribution in [1.82, 2.24) is 10.2 Å². The van der Waals surface area contributed by atoms with Gasteiger partial charge in [-0.1, -0.05) is 34.1 Å². The molecule has 98 valence electrons. The summed E-state index contributed by atoms with van der Waals surface area (Å²) >= 11 is 0. The number of carbonyl (C=O) groups is 1. The molecule has 0 aromatic rings. The van der Waals surface area contributed by atoms with Gasteiger partial charge in [0, 0.05) is 6.04 Å². The van der Waals surface area contributed by atoms with Crippen molar-refractivity contribution in [2.75, 3.05) is 0 Å². The standard InChI is InChI=1S/C14H26N2O/c1-5-12-15-13(9(2)3)14(17)16(12)11-8-6-7-10(11)4/h9-13,15H,5-8H2,1-4H3. The molecule has 3 nitrogen and oxygen atoms in total. The van der Waals surface area contributed by atoms with Crippen LogP contribution in [-0.4, -0.2) is 29.1 Å². The smallest absolute Gasteiger partial charge is 0.241 e. The van der Waals surface area contributed by atoms with E-state index in [4.69, 9.17) is 0 Å². The third kappa shape index (κ3) is 2.22. The Bertz CT molecular complexity index is 290. The summed E-state index contributed by atoms with van der Waals surface area (Å²) in [5.41, 5.74) is 0. The van der Waals surface area contributed by atoms with Crippen LogP contribution in [0.15, 0.2) is 0 Å². The van der Waals surface area contributed by atoms with E-state index in [0.717, 1.165) is 6.42 Å². The molecule has 2 fully saturated rings. The van der Waals surface area contributed by atoms with Crippen LogP contribution in [0.25, 0.3) is 0 Å². The Morgan fingerprint density at radius 3 is 2.59 bits per heavy atom. The van der Waals surface area contributed by atoms with E-state index in [0.29, 0.717) is 23.8 Å². The second-order valence-electron chi connectivity index (χ2n) is 6.03. The monoisotopic (exact) mass is 238 g/mol. The summed E-state index contributed by atoms with van der Waals surface area (Å²) in [6, 6.07) is 0.511. The summed E-state index contributed by atoms with van der Waals surface area (Å²) in [6.45, 7) is 8.72. The highest BCUT2D eigenvalue weighted by molar-refractivity contribution is 5.85. The number of nitrogens with zero attached hydrogens (tertiary/aromatic N) is 1. The maximum Gasteiger partial charge on any atom is 0.241 e. The van der Waals surface area contributed by atoms with Crippen molar-refractivity contribution in [3.8, 4) is 0 Å². The molecule has 4 unspecified atom stereocenters. The van der Waals surface area contributed by atoms with Crippen LogP contribution in [0.1, 0.15) is 53.4 Å². The number of amides is 1. The first kappa shape index (κ1) is 12.9. The number of hydrogen-bond acceptors (Lipinski definition) is 2. The van der Waals surface area contributed by atoms with E-state index in [9.17, 15) is 4.79 Å². The third-order valence-electron chi connectivity index (χ3n) is 4.46. The lowest BCUT2D eigenvalue weighted by atomic mass is 10.0. The van der Waals surface area contributed by atoms with Gasteiger partial charge in [-0.2, -0.15) is 0 Å². The zero-order chi connectivity index (χ0) is 12.6. The van der Waals surface area contributed by atoms with Crippen LogP contribution in [0.5, 0.6) is 0 Å². The lowest BCUT2D eigenvalue weighted by molar-refractivity contribution is -0.133. The van der Waals surface area contributed by atoms with Crippen molar-refractivity contribution in [3.05, 3.63) is 0 Å². The molecule has 1 amide bonds. The fourth-order valence-corrected chi connectivity index (χ4v) is 3.40. The van der Waals surface area contributed by atoms with Crippen molar-refractivity contribution in [1.29, 1.82) is 0 Å². The van der Waals surface area contributed by atoms with Gasteiger partial charge in [0.15, 0.2) is 0 Å². The van der Waals surface area contributed by atoms with Gasteiger partial charge in [0.25, 0.3) is 0 Å². The SMILES string of the molecule is CCC1NC(C(C)C)C(=O)N1C1CCCC1C. The Labute approximate surface area is 105 Å². The van der Waals surface area contributed by atoms with Crippen LogP contribution in [0.4, 0.5) is 0 Å². The Kier molecular flexibility index (Phi) is 3.76. The quantitative estimate of drug-likeness (QED) is 0.818. The highest BCUT2D eigenvalue weighted by Crippen LogP contribution is 2.34. The molecule has 0 radical (unpaired) electrons. The Morgan fingerprint density at radius 2 is 2.12 bits per heavy atom. The molecule has 0 bridgehead atoms. The fraction of sp³-hybridized carbons (Fsp3) is 0.929. The molecule has 1 saturated carbocycles. The minimum atomic E-state index is 0.0350. The van der Waals surface area contributed by atoms with E-state index in [1.54, 1.807) is 0 Å². The topological polar surface area (TPSA) is 32.3 Å². The van der Waals surface area contributed by atoms with Gasteiger partial charge in [0.2, 0.25) is 5.91 Å². The van der Waals surface area contributed by atoms with Gasteiger partial charge in [-0.05, 0) is 31.1 Å². The predicted octanol–water partition coefficient (Wildman–Crippen LogP) is 2.37. The molecule has 0 spiro atoms. The van der Waals surface area contributed by atoms with Crippen LogP contribution >= 0.6 is 0 Å². The zero-order valence-electron chi connectivity index (χ0n) is 11.6. The molecule has 1 aliphatic carbocycles. The first-order valence-electron chi connectivity index (χ1n) is 7.14. The molecule has 0 aromatic carbocycles. The van der Waals surface area contributed by atoms with Crippen molar-refractivity contribution >= 4 is 5.91 Å². The van der Waals surface area contributed by atoms with Crippen LogP contribution in [0.3, 0.4) is 0 Å². The minimum Gasteiger partial charge on any atom is -0.323 e. The fourth-order valence-electron chi connectivity index (χ4n) is 3.40. The van der Waals surface area contributed by atoms with Crippen molar-refractivity contribution in [2.45, 2.75) is 71.6 Å². The summed E-state index contributed by atoms with van der Waals surface area (Å²) in [6.07, 6.45) is 5.02. The zero-order valence-corrected chi connectivity index (χ0v) is 11.6. The maximum absolute atomic E-state index is 12.5. The molecule has 17 heavy (non-hydrogen) atoms. The van der Waals surface area contributed by atoms with Crippen molar-refractivity contribution < 1.29 is 4.79 Å². The van der Waals surface area contributed by atoms with Gasteiger partial charge in [-0.25, -0.2) is 0 Å². The number of rotatable bonds is 3. The Balaban J connectivity index is 2.16. The lowest BCUT2D eigenvalue weighted by Crippen LogP contribution is -2.45. The summed E-state index contributed by atoms with van der Waals surface area (Å²) in [4.78, 5) is 14.7. The Morgan fingerprint density at radius 1 is 1.41 bits per heavy atom. The van der Waals surface area contributed by atoms with Gasteiger partial charge < -0.3 is 4.90 Å². The molecule has 1 saturated heterocycles. The number of nitrogens with one attached hydrogen (secondary N) is 1. The summed E-state index contributed by atoms with van der Waals surface area (Å²) in [7, 11) is 0. The Hall–Kier alpha value is -0.570. The predicted molar refractivity (Wildman–Crippen MR) is 69.5 cm³/mol. The molecular formula is C14H26N2O. The first-order valence-corrected chi connectivity index (χ1v) is 7.14. The normalized spacial score (nSPS) is 38.4. The average Bonchev–Trinajstić information content (AvgIpc) is 2.82. The van der Waals surface area contributed by atoms with Crippen LogP contribution in [0.2, 0.25) is 0 Å². The van der Waals surface area contributed by atoms with E-state index in [1.807, 2.05) is 0 Å². The van der Waals surface area contributed by atoms with E-state index >= 15 is 0 Å². The lowest BCUT2D eigenvalue weighted by Gasteiger charge is -2.32. The number of carbonyl (C=O) groups excluding carboxylic acids is 1. The molecule has 0 aromatic heterocycles. The second-order valence-corrected chi connectivity index (χ2v) is 6.03. The largest absolute Gasteiger partial charge is 0.323 e. The molecule has 1 N–H and O–H groups in total. The molecule has 1 aliphatic heterocycles. The molecule has 2 aliphatic rings. The molecule has 4 atom stereocenters. The number of hydrogen-bond donors (Lipinski definition) is 1.